The predicted octanol–water partition coefficient (Wildman–Crippen LogP) is 4.95. The molecule has 1 saturated heterocycles. The van der Waals surface area contributed by atoms with E-state index in [2.05, 4.69) is 49.1 Å². The van der Waals surface area contributed by atoms with E-state index in [0.29, 0.717) is 10.1 Å². The molecular formula is C19H21N3OS2. The molecule has 2 heterocycles. The molecule has 1 N–H and O–H groups in total. The molecule has 0 saturated carbocycles. The number of nitrogens with one attached hydrogen (secondary N) is 1. The number of aryl methyl sites for hydroxylation is 2. The van der Waals surface area contributed by atoms with E-state index in [1.165, 1.54) is 17.3 Å². The number of aliphatic imine (C=N–C) groups is 1. The highest BCUT2D eigenvalue weighted by molar-refractivity contribution is 8.18. The quantitative estimate of drug-likeness (QED) is 0.760. The number of benzene rings is 1. The molecule has 0 spiro atoms. The number of rotatable bonds is 2. The lowest BCUT2D eigenvalue weighted by Gasteiger charge is -2.13. The Morgan fingerprint density at radius 2 is 2.00 bits per heavy atom. The van der Waals surface area contributed by atoms with Crippen LogP contribution in [0, 0.1) is 13.8 Å². The molecule has 0 bridgehead atoms. The molecule has 0 atom stereocenters. The highest BCUT2D eigenvalue weighted by atomic mass is 32.2. The molecular weight excluding hydrogens is 350 g/mol. The Balaban J connectivity index is 1.82. The number of aromatic nitrogens is 1. The summed E-state index contributed by atoms with van der Waals surface area (Å²) in [4.78, 5) is 22.9. The number of hydrogen-bond donors (Lipinski definition) is 1. The minimum absolute atomic E-state index is 0.0160. The molecule has 2 aromatic rings. The number of thiazole rings is 1. The summed E-state index contributed by atoms with van der Waals surface area (Å²) in [5, 5.41) is 4.52. The van der Waals surface area contributed by atoms with E-state index in [4.69, 9.17) is 0 Å². The number of amides is 1. The van der Waals surface area contributed by atoms with Crippen molar-refractivity contribution in [1.29, 1.82) is 0 Å². The molecule has 25 heavy (non-hydrogen) atoms. The fourth-order valence-corrected chi connectivity index (χ4v) is 4.17. The van der Waals surface area contributed by atoms with Gasteiger partial charge in [0.2, 0.25) is 0 Å². The summed E-state index contributed by atoms with van der Waals surface area (Å²) in [7, 11) is 0. The van der Waals surface area contributed by atoms with Crippen LogP contribution in [0.3, 0.4) is 0 Å². The fourth-order valence-electron chi connectivity index (χ4n) is 2.35. The molecule has 130 valence electrons. The number of carbonyl (C=O) groups excluding carboxylic acids is 1. The zero-order valence-corrected chi connectivity index (χ0v) is 16.6. The normalized spacial score (nSPS) is 18.2. The number of nitrogens with zero attached hydrogens (tertiary/aromatic N) is 2. The van der Waals surface area contributed by atoms with E-state index in [0.717, 1.165) is 21.1 Å². The lowest BCUT2D eigenvalue weighted by atomic mass is 9.98. The van der Waals surface area contributed by atoms with Crippen LogP contribution < -0.4 is 5.32 Å². The van der Waals surface area contributed by atoms with Gasteiger partial charge in [-0.2, -0.15) is 0 Å². The molecule has 0 aliphatic carbocycles. The smallest absolute Gasteiger partial charge is 0.264 e. The molecule has 0 radical (unpaired) electrons. The van der Waals surface area contributed by atoms with Gasteiger partial charge in [0.1, 0.15) is 0 Å². The van der Waals surface area contributed by atoms with Crippen molar-refractivity contribution in [2.45, 2.75) is 40.0 Å². The van der Waals surface area contributed by atoms with Crippen LogP contribution in [-0.2, 0) is 10.2 Å². The molecule has 1 amide bonds. The lowest BCUT2D eigenvalue weighted by molar-refractivity contribution is -0.115. The van der Waals surface area contributed by atoms with Crippen LogP contribution >= 0.6 is 23.1 Å². The summed E-state index contributed by atoms with van der Waals surface area (Å²) < 4.78 is 0. The fraction of sp³-hybridized carbons (Fsp3) is 0.316. The summed E-state index contributed by atoms with van der Waals surface area (Å²) in [5.41, 5.74) is 3.19. The monoisotopic (exact) mass is 371 g/mol. The maximum Gasteiger partial charge on any atom is 0.264 e. The lowest BCUT2D eigenvalue weighted by Crippen LogP contribution is -2.19. The van der Waals surface area contributed by atoms with Crippen LogP contribution in [-0.4, -0.2) is 16.1 Å². The molecule has 1 fully saturated rings. The van der Waals surface area contributed by atoms with Gasteiger partial charge in [0.25, 0.3) is 5.91 Å². The summed E-state index contributed by atoms with van der Waals surface area (Å²) >= 11 is 2.98. The molecule has 6 heteroatoms. The average molecular weight is 372 g/mol. The van der Waals surface area contributed by atoms with Gasteiger partial charge in [0.15, 0.2) is 5.17 Å². The standard InChI is InChI=1S/C19H21N3OS2/c1-11-6-7-14(12(2)8-11)21-18-22-16(23)15(25-18)9-13-10-20-17(24-13)19(3,4)5/h6-10H,1-5H3,(H,21,22,23)/b15-9-. The third-order valence-corrected chi connectivity index (χ3v) is 5.94. The molecule has 4 nitrogen and oxygen atoms in total. The Morgan fingerprint density at radius 3 is 2.64 bits per heavy atom. The maximum atomic E-state index is 12.2. The zero-order chi connectivity index (χ0) is 18.2. The maximum absolute atomic E-state index is 12.2. The van der Waals surface area contributed by atoms with Crippen molar-refractivity contribution in [3.05, 3.63) is 50.3 Å². The van der Waals surface area contributed by atoms with Crippen molar-refractivity contribution >= 4 is 45.9 Å². The van der Waals surface area contributed by atoms with Crippen LogP contribution in [0.25, 0.3) is 6.08 Å². The first-order chi connectivity index (χ1) is 11.7. The number of carbonyl (C=O) groups is 1. The molecule has 1 aromatic carbocycles. The number of hydrogen-bond acceptors (Lipinski definition) is 5. The van der Waals surface area contributed by atoms with E-state index >= 15 is 0 Å². The van der Waals surface area contributed by atoms with Crippen LogP contribution in [0.2, 0.25) is 0 Å². The van der Waals surface area contributed by atoms with Gasteiger partial charge in [-0.1, -0.05) is 38.5 Å². The van der Waals surface area contributed by atoms with Crippen molar-refractivity contribution in [1.82, 2.24) is 10.3 Å². The van der Waals surface area contributed by atoms with E-state index in [1.807, 2.05) is 31.3 Å². The second-order valence-corrected chi connectivity index (χ2v) is 9.18. The summed E-state index contributed by atoms with van der Waals surface area (Å²) in [6.45, 7) is 10.5. The molecule has 1 aliphatic rings. The highest BCUT2D eigenvalue weighted by Crippen LogP contribution is 2.32. The Kier molecular flexibility index (Phi) is 4.84. The third kappa shape index (κ3) is 4.19. The van der Waals surface area contributed by atoms with E-state index in [1.54, 1.807) is 11.3 Å². The molecule has 1 aliphatic heterocycles. The average Bonchev–Trinajstić information content (AvgIpc) is 3.10. The van der Waals surface area contributed by atoms with Gasteiger partial charge in [-0.15, -0.1) is 11.3 Å². The van der Waals surface area contributed by atoms with Crippen molar-refractivity contribution in [2.75, 3.05) is 0 Å². The largest absolute Gasteiger partial charge is 0.300 e. The molecule has 1 aromatic heterocycles. The predicted molar refractivity (Wildman–Crippen MR) is 108 cm³/mol. The second-order valence-electron chi connectivity index (χ2n) is 7.09. The van der Waals surface area contributed by atoms with Crippen molar-refractivity contribution in [3.63, 3.8) is 0 Å². The number of amidine groups is 1. The van der Waals surface area contributed by atoms with E-state index in [9.17, 15) is 4.79 Å². The van der Waals surface area contributed by atoms with Gasteiger partial charge in [-0.3, -0.25) is 4.79 Å². The van der Waals surface area contributed by atoms with Crippen molar-refractivity contribution < 1.29 is 4.79 Å². The summed E-state index contributed by atoms with van der Waals surface area (Å²) in [6, 6.07) is 6.09. The van der Waals surface area contributed by atoms with Gasteiger partial charge in [-0.05, 0) is 43.3 Å². The van der Waals surface area contributed by atoms with Crippen LogP contribution in [0.15, 0.2) is 34.3 Å². The van der Waals surface area contributed by atoms with Crippen LogP contribution in [0.4, 0.5) is 5.69 Å². The highest BCUT2D eigenvalue weighted by Gasteiger charge is 2.25. The first kappa shape index (κ1) is 17.9. The van der Waals surface area contributed by atoms with Gasteiger partial charge in [0, 0.05) is 16.5 Å². The Bertz CT molecular complexity index is 888. The topological polar surface area (TPSA) is 54.4 Å². The first-order valence-corrected chi connectivity index (χ1v) is 9.69. The van der Waals surface area contributed by atoms with E-state index in [-0.39, 0.29) is 11.3 Å². The second kappa shape index (κ2) is 6.77. The molecule has 0 unspecified atom stereocenters. The van der Waals surface area contributed by atoms with Gasteiger partial charge < -0.3 is 5.32 Å². The molecule has 3 rings (SSSR count). The zero-order valence-electron chi connectivity index (χ0n) is 15.0. The van der Waals surface area contributed by atoms with Gasteiger partial charge in [-0.25, -0.2) is 9.98 Å². The van der Waals surface area contributed by atoms with Crippen LogP contribution in [0.1, 0.15) is 41.8 Å². The van der Waals surface area contributed by atoms with Crippen molar-refractivity contribution in [3.8, 4) is 0 Å². The van der Waals surface area contributed by atoms with Gasteiger partial charge >= 0.3 is 0 Å². The van der Waals surface area contributed by atoms with E-state index < -0.39 is 0 Å². The summed E-state index contributed by atoms with van der Waals surface area (Å²) in [5.74, 6) is -0.112. The minimum atomic E-state index is -0.112. The Labute approximate surface area is 156 Å². The van der Waals surface area contributed by atoms with Crippen molar-refractivity contribution in [2.24, 2.45) is 4.99 Å². The Morgan fingerprint density at radius 1 is 1.24 bits per heavy atom. The summed E-state index contributed by atoms with van der Waals surface area (Å²) in [6.07, 6.45) is 3.71. The minimum Gasteiger partial charge on any atom is -0.300 e. The number of thioether (sulfide) groups is 1. The van der Waals surface area contributed by atoms with Crippen LogP contribution in [0.5, 0.6) is 0 Å². The third-order valence-electron chi connectivity index (χ3n) is 3.66. The first-order valence-electron chi connectivity index (χ1n) is 8.05. The SMILES string of the molecule is Cc1ccc(N=C2NC(=O)/C(=C/c3cnc(C(C)(C)C)s3)S2)c(C)c1. The van der Waals surface area contributed by atoms with Gasteiger partial charge in [0.05, 0.1) is 15.6 Å². The Hall–Kier alpha value is -1.92.